The highest BCUT2D eigenvalue weighted by Gasteiger charge is 2.57. The molecule has 8 heteroatoms. The van der Waals surface area contributed by atoms with Crippen LogP contribution in [0.1, 0.15) is 24.8 Å². The monoisotopic (exact) mass is 469 g/mol. The molecule has 0 bridgehead atoms. The Balaban J connectivity index is 1.10. The van der Waals surface area contributed by atoms with E-state index < -0.39 is 5.54 Å². The third-order valence-electron chi connectivity index (χ3n) is 7.88. The van der Waals surface area contributed by atoms with Crippen molar-refractivity contribution in [3.63, 3.8) is 0 Å². The van der Waals surface area contributed by atoms with Crippen molar-refractivity contribution in [1.82, 2.24) is 20.0 Å². The third-order valence-corrected chi connectivity index (χ3v) is 7.88. The number of nitrogens with zero attached hydrogens (tertiary/aromatic N) is 4. The number of amides is 2. The van der Waals surface area contributed by atoms with E-state index in [9.17, 15) is 9.59 Å². The molecule has 35 heavy (non-hydrogen) atoms. The summed E-state index contributed by atoms with van der Waals surface area (Å²) in [6, 6.07) is 14.6. The number of rotatable bonds is 5. The van der Waals surface area contributed by atoms with Crippen LogP contribution < -0.4 is 0 Å². The van der Waals surface area contributed by atoms with Crippen molar-refractivity contribution in [3.05, 3.63) is 54.2 Å². The summed E-state index contributed by atoms with van der Waals surface area (Å²) >= 11 is 0. The van der Waals surface area contributed by atoms with Gasteiger partial charge in [-0.1, -0.05) is 30.3 Å². The Morgan fingerprint density at radius 3 is 2.60 bits per heavy atom. The summed E-state index contributed by atoms with van der Waals surface area (Å²) in [4.78, 5) is 34.7. The van der Waals surface area contributed by atoms with Gasteiger partial charge in [-0.25, -0.2) is 0 Å². The van der Waals surface area contributed by atoms with Crippen LogP contribution in [0.5, 0.6) is 0 Å². The topological polar surface area (TPSA) is 90.9 Å². The molecule has 4 aliphatic rings. The largest absolute Gasteiger partial charge is 0.380 e. The van der Waals surface area contributed by atoms with Crippen molar-refractivity contribution in [2.75, 3.05) is 32.8 Å². The van der Waals surface area contributed by atoms with Crippen LogP contribution in [0.3, 0.4) is 0 Å². The lowest BCUT2D eigenvalue weighted by molar-refractivity contribution is -0.148. The number of carbonyl (C=O) groups is 2. The van der Waals surface area contributed by atoms with Crippen LogP contribution in [0.4, 0.5) is 0 Å². The smallest absolute Gasteiger partial charge is 0.256 e. The minimum Gasteiger partial charge on any atom is -0.380 e. The molecule has 0 radical (unpaired) electrons. The Bertz CT molecular complexity index is 1350. The molecule has 3 aliphatic heterocycles. The van der Waals surface area contributed by atoms with Gasteiger partial charge in [-0.05, 0) is 48.4 Å². The van der Waals surface area contributed by atoms with Crippen LogP contribution in [0.15, 0.2) is 53.7 Å². The van der Waals surface area contributed by atoms with Crippen LogP contribution >= 0.6 is 0 Å². The fraction of sp³-hybridized carbons (Fsp3) is 0.407. The SMILES string of the molecule is O=C(C1COC1)N1CC[C@@H](CN2C(=O)C3(CC3)N=C2c2ccc(-c3ccc4[nH]ncc4c3)cc2)C1. The number of H-pyrrole nitrogens is 1. The molecule has 2 amide bonds. The quantitative estimate of drug-likeness (QED) is 0.622. The fourth-order valence-electron chi connectivity index (χ4n) is 5.50. The van der Waals surface area contributed by atoms with Gasteiger partial charge in [0.15, 0.2) is 0 Å². The number of amidine groups is 1. The normalized spacial score (nSPS) is 23.3. The average Bonchev–Trinajstić information content (AvgIpc) is 3.17. The standard InChI is InChI=1S/C27H27N5O3/c33-25(22-15-35-16-22)31-10-7-17(13-31)14-32-24(29-27(8-9-27)26(32)34)19-3-1-18(2-4-19)20-5-6-23-21(11-20)12-28-30-23/h1-6,11-12,17,22H,7-10,13-16H2,(H,28,30)/t17-/m1/s1. The minimum absolute atomic E-state index is 0.0155. The van der Waals surface area contributed by atoms with E-state index >= 15 is 0 Å². The van der Waals surface area contributed by atoms with Crippen molar-refractivity contribution in [1.29, 1.82) is 0 Å². The number of nitrogens with one attached hydrogen (secondary N) is 1. The van der Waals surface area contributed by atoms with E-state index in [1.807, 2.05) is 22.1 Å². The van der Waals surface area contributed by atoms with E-state index in [0.717, 1.165) is 59.2 Å². The van der Waals surface area contributed by atoms with Gasteiger partial charge in [-0.15, -0.1) is 0 Å². The Morgan fingerprint density at radius 2 is 1.86 bits per heavy atom. The molecular formula is C27H27N5O3. The van der Waals surface area contributed by atoms with Crippen molar-refractivity contribution in [3.8, 4) is 11.1 Å². The first kappa shape index (κ1) is 20.8. The molecule has 3 fully saturated rings. The average molecular weight is 470 g/mol. The molecule has 178 valence electrons. The lowest BCUT2D eigenvalue weighted by atomic mass is 10.0. The Kier molecular flexibility index (Phi) is 4.61. The number of ether oxygens (including phenoxy) is 1. The van der Waals surface area contributed by atoms with E-state index in [1.165, 1.54) is 0 Å². The molecule has 1 aliphatic carbocycles. The van der Waals surface area contributed by atoms with Crippen molar-refractivity contribution >= 4 is 28.6 Å². The van der Waals surface area contributed by atoms with Gasteiger partial charge in [0, 0.05) is 30.6 Å². The van der Waals surface area contributed by atoms with Gasteiger partial charge >= 0.3 is 0 Å². The Morgan fingerprint density at radius 1 is 1.09 bits per heavy atom. The molecular weight excluding hydrogens is 442 g/mol. The van der Waals surface area contributed by atoms with Crippen LogP contribution in [0.2, 0.25) is 0 Å². The second-order valence-electron chi connectivity index (χ2n) is 10.3. The zero-order valence-corrected chi connectivity index (χ0v) is 19.4. The number of hydrogen-bond acceptors (Lipinski definition) is 5. The van der Waals surface area contributed by atoms with Gasteiger partial charge in [-0.2, -0.15) is 5.10 Å². The lowest BCUT2D eigenvalue weighted by Gasteiger charge is -2.29. The molecule has 1 aromatic heterocycles. The van der Waals surface area contributed by atoms with E-state index in [-0.39, 0.29) is 23.7 Å². The number of carbonyl (C=O) groups excluding carboxylic acids is 2. The summed E-state index contributed by atoms with van der Waals surface area (Å²) in [5.74, 6) is 1.38. The van der Waals surface area contributed by atoms with E-state index in [2.05, 4.69) is 46.6 Å². The summed E-state index contributed by atoms with van der Waals surface area (Å²) in [7, 11) is 0. The molecule has 1 atom stereocenters. The maximum absolute atomic E-state index is 13.3. The third kappa shape index (κ3) is 3.46. The molecule has 3 aromatic rings. The van der Waals surface area contributed by atoms with Gasteiger partial charge < -0.3 is 9.64 Å². The van der Waals surface area contributed by atoms with Crippen LogP contribution in [-0.4, -0.2) is 76.0 Å². The van der Waals surface area contributed by atoms with Crippen molar-refractivity contribution in [2.24, 2.45) is 16.8 Å². The Labute approximate surface area is 203 Å². The highest BCUT2D eigenvalue weighted by molar-refractivity contribution is 6.16. The predicted octanol–water partition coefficient (Wildman–Crippen LogP) is 2.85. The van der Waals surface area contributed by atoms with Gasteiger partial charge in [0.2, 0.25) is 5.91 Å². The maximum Gasteiger partial charge on any atom is 0.256 e. The summed E-state index contributed by atoms with van der Waals surface area (Å²) in [6.07, 6.45) is 4.40. The molecule has 8 nitrogen and oxygen atoms in total. The first-order valence-corrected chi connectivity index (χ1v) is 12.4. The zero-order chi connectivity index (χ0) is 23.6. The second-order valence-corrected chi connectivity index (χ2v) is 10.3. The molecule has 2 saturated heterocycles. The van der Waals surface area contributed by atoms with Gasteiger partial charge in [-0.3, -0.25) is 24.6 Å². The first-order valence-electron chi connectivity index (χ1n) is 12.4. The lowest BCUT2D eigenvalue weighted by Crippen LogP contribution is -2.44. The summed E-state index contributed by atoms with van der Waals surface area (Å²) in [5.41, 5.74) is 3.67. The van der Waals surface area contributed by atoms with Gasteiger partial charge in [0.05, 0.1) is 30.8 Å². The highest BCUT2D eigenvalue weighted by atomic mass is 16.5. The zero-order valence-electron chi connectivity index (χ0n) is 19.4. The molecule has 7 rings (SSSR count). The van der Waals surface area contributed by atoms with Gasteiger partial charge in [0.1, 0.15) is 11.4 Å². The Hall–Kier alpha value is -3.52. The summed E-state index contributed by atoms with van der Waals surface area (Å²) in [5, 5.41) is 8.17. The number of fused-ring (bicyclic) bond motifs is 1. The number of likely N-dealkylation sites (tertiary alicyclic amines) is 1. The minimum atomic E-state index is -0.544. The molecule has 1 spiro atoms. The fourth-order valence-corrected chi connectivity index (χ4v) is 5.50. The molecule has 1 N–H and O–H groups in total. The molecule has 1 saturated carbocycles. The van der Waals surface area contributed by atoms with E-state index in [4.69, 9.17) is 9.73 Å². The second kappa shape index (κ2) is 7.75. The summed E-state index contributed by atoms with van der Waals surface area (Å²) < 4.78 is 5.19. The number of hydrogen-bond donors (Lipinski definition) is 1. The number of aromatic nitrogens is 2. The number of benzene rings is 2. The molecule has 0 unspecified atom stereocenters. The first-order chi connectivity index (χ1) is 17.1. The van der Waals surface area contributed by atoms with E-state index in [0.29, 0.717) is 26.3 Å². The number of aliphatic imine (C=N–C) groups is 1. The van der Waals surface area contributed by atoms with Gasteiger partial charge in [0.25, 0.3) is 5.91 Å². The maximum atomic E-state index is 13.3. The van der Waals surface area contributed by atoms with Crippen LogP contribution in [0.25, 0.3) is 22.0 Å². The summed E-state index contributed by atoms with van der Waals surface area (Å²) in [6.45, 7) is 3.15. The highest BCUT2D eigenvalue weighted by Crippen LogP contribution is 2.46. The predicted molar refractivity (Wildman–Crippen MR) is 131 cm³/mol. The molecule has 4 heterocycles. The number of aromatic amines is 1. The van der Waals surface area contributed by atoms with Crippen LogP contribution in [0, 0.1) is 11.8 Å². The van der Waals surface area contributed by atoms with E-state index in [1.54, 1.807) is 0 Å². The molecule has 2 aromatic carbocycles. The van der Waals surface area contributed by atoms with Crippen molar-refractivity contribution < 1.29 is 14.3 Å². The van der Waals surface area contributed by atoms with Crippen molar-refractivity contribution in [2.45, 2.75) is 24.8 Å². The van der Waals surface area contributed by atoms with Crippen LogP contribution in [-0.2, 0) is 14.3 Å².